The standard InChI is InChI=1S/C12H12BrFN2O2/c13-8-1-2-9(14)7(5-8)6-15-12(18)10-3-4-11(17)16-10/h1-2,5,10H,3-4,6H2,(H,15,18)(H,16,17)/t10-/m0/s1. The van der Waals surface area contributed by atoms with Gasteiger partial charge in [0.15, 0.2) is 0 Å². The van der Waals surface area contributed by atoms with E-state index >= 15 is 0 Å². The van der Waals surface area contributed by atoms with Gasteiger partial charge in [-0.05, 0) is 24.6 Å². The molecule has 1 saturated heterocycles. The summed E-state index contributed by atoms with van der Waals surface area (Å²) >= 11 is 3.24. The Balaban J connectivity index is 1.93. The molecule has 2 amide bonds. The van der Waals surface area contributed by atoms with Crippen LogP contribution in [0.2, 0.25) is 0 Å². The summed E-state index contributed by atoms with van der Waals surface area (Å²) in [6.45, 7) is 0.108. The van der Waals surface area contributed by atoms with Gasteiger partial charge >= 0.3 is 0 Å². The van der Waals surface area contributed by atoms with Crippen molar-refractivity contribution in [3.05, 3.63) is 34.1 Å². The molecule has 1 aliphatic rings. The van der Waals surface area contributed by atoms with Crippen molar-refractivity contribution in [3.63, 3.8) is 0 Å². The lowest BCUT2D eigenvalue weighted by atomic mass is 10.2. The molecule has 2 N–H and O–H groups in total. The number of hydrogen-bond acceptors (Lipinski definition) is 2. The summed E-state index contributed by atoms with van der Waals surface area (Å²) < 4.78 is 14.2. The highest BCUT2D eigenvalue weighted by Crippen LogP contribution is 2.15. The number of carbonyl (C=O) groups excluding carboxylic acids is 2. The summed E-state index contributed by atoms with van der Waals surface area (Å²) in [6, 6.07) is 4.05. The van der Waals surface area contributed by atoms with Gasteiger partial charge in [-0.1, -0.05) is 15.9 Å². The second kappa shape index (κ2) is 5.48. The Kier molecular flexibility index (Phi) is 3.96. The molecule has 96 valence electrons. The Bertz CT molecular complexity index is 493. The number of amides is 2. The fourth-order valence-corrected chi connectivity index (χ4v) is 2.20. The van der Waals surface area contributed by atoms with Crippen LogP contribution in [0.1, 0.15) is 18.4 Å². The van der Waals surface area contributed by atoms with Crippen molar-refractivity contribution in [1.82, 2.24) is 10.6 Å². The van der Waals surface area contributed by atoms with Crippen LogP contribution in [0.3, 0.4) is 0 Å². The maximum Gasteiger partial charge on any atom is 0.242 e. The van der Waals surface area contributed by atoms with Crippen molar-refractivity contribution in [2.75, 3.05) is 0 Å². The molecule has 1 aliphatic heterocycles. The van der Waals surface area contributed by atoms with Crippen LogP contribution in [0, 0.1) is 5.82 Å². The van der Waals surface area contributed by atoms with E-state index in [4.69, 9.17) is 0 Å². The molecule has 1 aromatic rings. The largest absolute Gasteiger partial charge is 0.350 e. The lowest BCUT2D eigenvalue weighted by molar-refractivity contribution is -0.125. The number of nitrogens with one attached hydrogen (secondary N) is 2. The van der Waals surface area contributed by atoms with E-state index in [1.807, 2.05) is 0 Å². The van der Waals surface area contributed by atoms with Gasteiger partial charge in [-0.15, -0.1) is 0 Å². The molecule has 0 aromatic heterocycles. The molecule has 1 heterocycles. The zero-order valence-corrected chi connectivity index (χ0v) is 11.1. The van der Waals surface area contributed by atoms with Gasteiger partial charge in [-0.3, -0.25) is 9.59 Å². The summed E-state index contributed by atoms with van der Waals surface area (Å²) in [5, 5.41) is 5.18. The van der Waals surface area contributed by atoms with E-state index in [0.717, 1.165) is 4.47 Å². The highest BCUT2D eigenvalue weighted by Gasteiger charge is 2.26. The molecular weight excluding hydrogens is 303 g/mol. The molecule has 4 nitrogen and oxygen atoms in total. The first-order chi connectivity index (χ1) is 8.56. The monoisotopic (exact) mass is 314 g/mol. The highest BCUT2D eigenvalue weighted by molar-refractivity contribution is 9.10. The smallest absolute Gasteiger partial charge is 0.242 e. The van der Waals surface area contributed by atoms with Gasteiger partial charge < -0.3 is 10.6 Å². The van der Waals surface area contributed by atoms with E-state index in [9.17, 15) is 14.0 Å². The van der Waals surface area contributed by atoms with Crippen LogP contribution in [0.15, 0.2) is 22.7 Å². The average Bonchev–Trinajstić information content (AvgIpc) is 2.77. The van der Waals surface area contributed by atoms with Crippen molar-refractivity contribution in [3.8, 4) is 0 Å². The minimum absolute atomic E-state index is 0.108. The highest BCUT2D eigenvalue weighted by atomic mass is 79.9. The summed E-state index contributed by atoms with van der Waals surface area (Å²) in [4.78, 5) is 22.7. The Labute approximate surface area is 112 Å². The molecule has 18 heavy (non-hydrogen) atoms. The number of hydrogen-bond donors (Lipinski definition) is 2. The Morgan fingerprint density at radius 1 is 1.56 bits per heavy atom. The summed E-state index contributed by atoms with van der Waals surface area (Å²) in [5.41, 5.74) is 0.405. The molecule has 2 rings (SSSR count). The van der Waals surface area contributed by atoms with Crippen LogP contribution < -0.4 is 10.6 Å². The molecule has 6 heteroatoms. The SMILES string of the molecule is O=C1CC[C@@H](C(=O)NCc2cc(Br)ccc2F)N1. The van der Waals surface area contributed by atoms with E-state index in [0.29, 0.717) is 18.4 Å². The predicted molar refractivity (Wildman–Crippen MR) is 67.1 cm³/mol. The third-order valence-electron chi connectivity index (χ3n) is 2.77. The van der Waals surface area contributed by atoms with Crippen molar-refractivity contribution >= 4 is 27.7 Å². The Morgan fingerprint density at radius 2 is 2.33 bits per heavy atom. The first-order valence-electron chi connectivity index (χ1n) is 5.57. The Hall–Kier alpha value is -1.43. The lowest BCUT2D eigenvalue weighted by Crippen LogP contribution is -2.41. The normalized spacial score (nSPS) is 18.6. The zero-order chi connectivity index (χ0) is 13.1. The fourth-order valence-electron chi connectivity index (χ4n) is 1.80. The maximum absolute atomic E-state index is 13.4. The van der Waals surface area contributed by atoms with Crippen LogP contribution in [0.5, 0.6) is 0 Å². The topological polar surface area (TPSA) is 58.2 Å². The number of benzene rings is 1. The van der Waals surface area contributed by atoms with Gasteiger partial charge in [-0.25, -0.2) is 4.39 Å². The third-order valence-corrected chi connectivity index (χ3v) is 3.27. The van der Waals surface area contributed by atoms with Crippen molar-refractivity contribution in [1.29, 1.82) is 0 Å². The minimum atomic E-state index is -0.493. The molecule has 0 saturated carbocycles. The first kappa shape index (κ1) is 13.0. The average molecular weight is 315 g/mol. The first-order valence-corrected chi connectivity index (χ1v) is 6.36. The van der Waals surface area contributed by atoms with Crippen LogP contribution >= 0.6 is 15.9 Å². The fraction of sp³-hybridized carbons (Fsp3) is 0.333. The minimum Gasteiger partial charge on any atom is -0.350 e. The number of halogens is 2. The van der Waals surface area contributed by atoms with Gasteiger partial charge in [0.05, 0.1) is 0 Å². The van der Waals surface area contributed by atoms with Gasteiger partial charge in [0.2, 0.25) is 11.8 Å². The van der Waals surface area contributed by atoms with Crippen LogP contribution in [0.4, 0.5) is 4.39 Å². The van der Waals surface area contributed by atoms with Crippen LogP contribution in [-0.2, 0) is 16.1 Å². The summed E-state index contributed by atoms with van der Waals surface area (Å²) in [7, 11) is 0. The molecule has 1 atom stereocenters. The van der Waals surface area contributed by atoms with E-state index in [1.165, 1.54) is 6.07 Å². The van der Waals surface area contributed by atoms with E-state index in [-0.39, 0.29) is 24.2 Å². The lowest BCUT2D eigenvalue weighted by Gasteiger charge is -2.11. The van der Waals surface area contributed by atoms with Crippen LogP contribution in [-0.4, -0.2) is 17.9 Å². The van der Waals surface area contributed by atoms with Gasteiger partial charge in [0, 0.05) is 23.0 Å². The molecule has 0 radical (unpaired) electrons. The Morgan fingerprint density at radius 3 is 3.00 bits per heavy atom. The van der Waals surface area contributed by atoms with E-state index < -0.39 is 6.04 Å². The number of carbonyl (C=O) groups is 2. The molecule has 1 aromatic carbocycles. The number of rotatable bonds is 3. The molecule has 0 unspecified atom stereocenters. The van der Waals surface area contributed by atoms with Crippen molar-refractivity contribution < 1.29 is 14.0 Å². The molecule has 1 fully saturated rings. The predicted octanol–water partition coefficient (Wildman–Crippen LogP) is 1.48. The second-order valence-electron chi connectivity index (χ2n) is 4.11. The molecule has 0 spiro atoms. The zero-order valence-electron chi connectivity index (χ0n) is 9.50. The van der Waals surface area contributed by atoms with Crippen LogP contribution in [0.25, 0.3) is 0 Å². The summed E-state index contributed by atoms with van der Waals surface area (Å²) in [6.07, 6.45) is 0.856. The molecule has 0 bridgehead atoms. The summed E-state index contributed by atoms with van der Waals surface area (Å²) in [5.74, 6) is -0.766. The van der Waals surface area contributed by atoms with Gasteiger partial charge in [0.1, 0.15) is 11.9 Å². The van der Waals surface area contributed by atoms with E-state index in [1.54, 1.807) is 12.1 Å². The van der Waals surface area contributed by atoms with Crippen molar-refractivity contribution in [2.24, 2.45) is 0 Å². The van der Waals surface area contributed by atoms with Gasteiger partial charge in [0.25, 0.3) is 0 Å². The third kappa shape index (κ3) is 3.07. The second-order valence-corrected chi connectivity index (χ2v) is 5.03. The van der Waals surface area contributed by atoms with Crippen molar-refractivity contribution in [2.45, 2.75) is 25.4 Å². The van der Waals surface area contributed by atoms with Gasteiger partial charge in [-0.2, -0.15) is 0 Å². The molecular formula is C12H12BrFN2O2. The van der Waals surface area contributed by atoms with E-state index in [2.05, 4.69) is 26.6 Å². The quantitative estimate of drug-likeness (QED) is 0.888. The maximum atomic E-state index is 13.4. The molecule has 0 aliphatic carbocycles.